The van der Waals surface area contributed by atoms with Crippen molar-refractivity contribution >= 4 is 5.97 Å². The summed E-state index contributed by atoms with van der Waals surface area (Å²) >= 11 is 0. The first-order valence-corrected chi connectivity index (χ1v) is 4.17. The number of aryl methyl sites for hydroxylation is 2. The van der Waals surface area contributed by atoms with Crippen molar-refractivity contribution in [3.63, 3.8) is 0 Å². The average molecular weight is 180 g/mol. The quantitative estimate of drug-likeness (QED) is 0.666. The van der Waals surface area contributed by atoms with Gasteiger partial charge >= 0.3 is 0 Å². The Bertz CT molecular complexity index is 266. The Morgan fingerprint density at radius 3 is 1.69 bits per heavy atom. The van der Waals surface area contributed by atoms with E-state index >= 15 is 0 Å². The lowest BCUT2D eigenvalue weighted by molar-refractivity contribution is -0.134. The van der Waals surface area contributed by atoms with E-state index in [1.54, 1.807) is 0 Å². The third-order valence-electron chi connectivity index (χ3n) is 1.88. The lowest BCUT2D eigenvalue weighted by Crippen LogP contribution is -1.82. The SMILES string of the molecule is CC(=O)O.Cc1cccc(C)c1C. The second-order valence-corrected chi connectivity index (χ2v) is 3.04. The van der Waals surface area contributed by atoms with Gasteiger partial charge in [0.1, 0.15) is 0 Å². The molecular formula is C11H16O2. The number of rotatable bonds is 0. The van der Waals surface area contributed by atoms with E-state index in [0.29, 0.717) is 0 Å². The van der Waals surface area contributed by atoms with E-state index < -0.39 is 5.97 Å². The second-order valence-electron chi connectivity index (χ2n) is 3.04. The number of carboxylic acids is 1. The zero-order chi connectivity index (χ0) is 10.4. The van der Waals surface area contributed by atoms with Crippen LogP contribution in [0.1, 0.15) is 23.6 Å². The minimum atomic E-state index is -0.833. The van der Waals surface area contributed by atoms with Gasteiger partial charge in [0.15, 0.2) is 0 Å². The Balaban J connectivity index is 0.000000310. The standard InChI is InChI=1S/C9H12.C2H4O2/c1-7-5-4-6-8(2)9(7)3;1-2(3)4/h4-6H,1-3H3;1H3,(H,3,4). The highest BCUT2D eigenvalue weighted by Gasteiger charge is 1.91. The topological polar surface area (TPSA) is 37.3 Å². The Morgan fingerprint density at radius 1 is 1.15 bits per heavy atom. The highest BCUT2D eigenvalue weighted by molar-refractivity contribution is 5.62. The Kier molecular flexibility index (Phi) is 4.82. The number of hydrogen-bond acceptors (Lipinski definition) is 1. The summed E-state index contributed by atoms with van der Waals surface area (Å²) in [7, 11) is 0. The van der Waals surface area contributed by atoms with Crippen LogP contribution in [-0.2, 0) is 4.79 Å². The van der Waals surface area contributed by atoms with Crippen LogP contribution >= 0.6 is 0 Å². The van der Waals surface area contributed by atoms with Crippen molar-refractivity contribution < 1.29 is 9.90 Å². The lowest BCUT2D eigenvalue weighted by atomic mass is 10.1. The van der Waals surface area contributed by atoms with E-state index in [9.17, 15) is 0 Å². The van der Waals surface area contributed by atoms with Gasteiger partial charge in [0.05, 0.1) is 0 Å². The Hall–Kier alpha value is -1.31. The van der Waals surface area contributed by atoms with E-state index in [2.05, 4.69) is 39.0 Å². The maximum Gasteiger partial charge on any atom is 0.300 e. The van der Waals surface area contributed by atoms with Crippen LogP contribution in [0.3, 0.4) is 0 Å². The molecule has 0 aliphatic heterocycles. The van der Waals surface area contributed by atoms with Gasteiger partial charge in [-0.25, -0.2) is 0 Å². The molecule has 1 rings (SSSR count). The fraction of sp³-hybridized carbons (Fsp3) is 0.364. The molecular weight excluding hydrogens is 164 g/mol. The largest absolute Gasteiger partial charge is 0.481 e. The fourth-order valence-electron chi connectivity index (χ4n) is 0.898. The molecule has 13 heavy (non-hydrogen) atoms. The van der Waals surface area contributed by atoms with Gasteiger partial charge in [-0.15, -0.1) is 0 Å². The van der Waals surface area contributed by atoms with E-state index in [1.165, 1.54) is 16.7 Å². The van der Waals surface area contributed by atoms with Crippen molar-refractivity contribution in [2.75, 3.05) is 0 Å². The van der Waals surface area contributed by atoms with Gasteiger partial charge < -0.3 is 5.11 Å². The molecule has 1 aromatic carbocycles. The van der Waals surface area contributed by atoms with Crippen LogP contribution < -0.4 is 0 Å². The molecule has 0 saturated heterocycles. The smallest absolute Gasteiger partial charge is 0.300 e. The van der Waals surface area contributed by atoms with Gasteiger partial charge in [-0.1, -0.05) is 18.2 Å². The third kappa shape index (κ3) is 5.01. The highest BCUT2D eigenvalue weighted by atomic mass is 16.4. The molecule has 0 aliphatic carbocycles. The predicted octanol–water partition coefficient (Wildman–Crippen LogP) is 2.70. The maximum atomic E-state index is 9.00. The van der Waals surface area contributed by atoms with Gasteiger partial charge in [-0.3, -0.25) is 4.79 Å². The molecule has 0 spiro atoms. The minimum absolute atomic E-state index is 0.833. The maximum absolute atomic E-state index is 9.00. The summed E-state index contributed by atoms with van der Waals surface area (Å²) in [6.45, 7) is 7.52. The molecule has 0 amide bonds. The monoisotopic (exact) mass is 180 g/mol. The number of carboxylic acid groups (broad SMARTS) is 1. The summed E-state index contributed by atoms with van der Waals surface area (Å²) in [5.74, 6) is -0.833. The van der Waals surface area contributed by atoms with E-state index in [-0.39, 0.29) is 0 Å². The van der Waals surface area contributed by atoms with Crippen LogP contribution in [0.25, 0.3) is 0 Å². The van der Waals surface area contributed by atoms with Crippen LogP contribution in [0.5, 0.6) is 0 Å². The van der Waals surface area contributed by atoms with Crippen LogP contribution in [0.15, 0.2) is 18.2 Å². The van der Waals surface area contributed by atoms with Crippen LogP contribution in [0, 0.1) is 20.8 Å². The van der Waals surface area contributed by atoms with Crippen LogP contribution in [-0.4, -0.2) is 11.1 Å². The fourth-order valence-corrected chi connectivity index (χ4v) is 0.898. The first-order valence-electron chi connectivity index (χ1n) is 4.17. The molecule has 0 bridgehead atoms. The van der Waals surface area contributed by atoms with Gasteiger partial charge in [-0.05, 0) is 37.5 Å². The van der Waals surface area contributed by atoms with E-state index in [4.69, 9.17) is 9.90 Å². The van der Waals surface area contributed by atoms with Crippen molar-refractivity contribution in [3.8, 4) is 0 Å². The lowest BCUT2D eigenvalue weighted by Gasteiger charge is -2.00. The molecule has 2 heteroatoms. The molecule has 0 aliphatic rings. The summed E-state index contributed by atoms with van der Waals surface area (Å²) in [4.78, 5) is 9.00. The van der Waals surface area contributed by atoms with Crippen molar-refractivity contribution in [2.45, 2.75) is 27.7 Å². The van der Waals surface area contributed by atoms with Crippen molar-refractivity contribution in [1.29, 1.82) is 0 Å². The molecule has 0 fully saturated rings. The molecule has 72 valence electrons. The molecule has 1 N–H and O–H groups in total. The van der Waals surface area contributed by atoms with E-state index in [0.717, 1.165) is 6.92 Å². The van der Waals surface area contributed by atoms with Crippen molar-refractivity contribution in [1.82, 2.24) is 0 Å². The molecule has 0 radical (unpaired) electrons. The molecule has 0 heterocycles. The summed E-state index contributed by atoms with van der Waals surface area (Å²) in [6.07, 6.45) is 0. The van der Waals surface area contributed by atoms with Crippen LogP contribution in [0.4, 0.5) is 0 Å². The molecule has 0 atom stereocenters. The number of aliphatic carboxylic acids is 1. The second kappa shape index (κ2) is 5.36. The van der Waals surface area contributed by atoms with Gasteiger partial charge in [0.25, 0.3) is 5.97 Å². The van der Waals surface area contributed by atoms with Gasteiger partial charge in [0.2, 0.25) is 0 Å². The van der Waals surface area contributed by atoms with Crippen LogP contribution in [0.2, 0.25) is 0 Å². The zero-order valence-corrected chi connectivity index (χ0v) is 8.59. The molecule has 0 unspecified atom stereocenters. The highest BCUT2D eigenvalue weighted by Crippen LogP contribution is 2.09. The predicted molar refractivity (Wildman–Crippen MR) is 54.0 cm³/mol. The first kappa shape index (κ1) is 11.7. The van der Waals surface area contributed by atoms with Crippen molar-refractivity contribution in [3.05, 3.63) is 34.9 Å². The van der Waals surface area contributed by atoms with Gasteiger partial charge in [-0.2, -0.15) is 0 Å². The molecule has 2 nitrogen and oxygen atoms in total. The summed E-state index contributed by atoms with van der Waals surface area (Å²) in [6, 6.07) is 6.38. The molecule has 0 aromatic heterocycles. The zero-order valence-electron chi connectivity index (χ0n) is 8.59. The van der Waals surface area contributed by atoms with Crippen molar-refractivity contribution in [2.24, 2.45) is 0 Å². The normalized spacial score (nSPS) is 8.62. The molecule has 1 aromatic rings. The first-order chi connectivity index (χ1) is 5.95. The van der Waals surface area contributed by atoms with E-state index in [1.807, 2.05) is 0 Å². The average Bonchev–Trinajstić information content (AvgIpc) is 1.99. The Labute approximate surface area is 79.2 Å². The summed E-state index contributed by atoms with van der Waals surface area (Å²) in [5.41, 5.74) is 4.18. The number of carbonyl (C=O) groups is 1. The summed E-state index contributed by atoms with van der Waals surface area (Å²) in [5, 5.41) is 7.42. The summed E-state index contributed by atoms with van der Waals surface area (Å²) < 4.78 is 0. The molecule has 0 saturated carbocycles. The number of benzene rings is 1. The third-order valence-corrected chi connectivity index (χ3v) is 1.88. The Morgan fingerprint density at radius 2 is 1.46 bits per heavy atom. The van der Waals surface area contributed by atoms with Gasteiger partial charge in [0, 0.05) is 6.92 Å². The minimum Gasteiger partial charge on any atom is -0.481 e. The number of hydrogen-bond donors (Lipinski definition) is 1.